The van der Waals surface area contributed by atoms with Crippen molar-refractivity contribution in [3.8, 4) is 0 Å². The maximum Gasteiger partial charge on any atom is 0.153 e. The molecule has 0 radical (unpaired) electrons. The van der Waals surface area contributed by atoms with Crippen LogP contribution in [0.4, 0.5) is 11.6 Å². The quantitative estimate of drug-likeness (QED) is 0.505. The van der Waals surface area contributed by atoms with Crippen molar-refractivity contribution in [2.45, 2.75) is 48.8 Å². The van der Waals surface area contributed by atoms with Gasteiger partial charge in [0.05, 0.1) is 28.5 Å². The molecule has 5 rings (SSSR count). The van der Waals surface area contributed by atoms with Gasteiger partial charge in [0.1, 0.15) is 16.5 Å². The zero-order chi connectivity index (χ0) is 22.5. The number of nitrogen functional groups attached to an aromatic ring is 1. The van der Waals surface area contributed by atoms with E-state index >= 15 is 0 Å². The van der Waals surface area contributed by atoms with Crippen molar-refractivity contribution in [2.75, 3.05) is 23.7 Å². The zero-order valence-electron chi connectivity index (χ0n) is 17.6. The summed E-state index contributed by atoms with van der Waals surface area (Å²) in [7, 11) is 0. The van der Waals surface area contributed by atoms with E-state index in [4.69, 9.17) is 33.0 Å². The first-order valence-electron chi connectivity index (χ1n) is 10.4. The summed E-state index contributed by atoms with van der Waals surface area (Å²) < 4.78 is 0. The van der Waals surface area contributed by atoms with Crippen molar-refractivity contribution in [2.24, 2.45) is 11.1 Å². The van der Waals surface area contributed by atoms with Gasteiger partial charge in [0, 0.05) is 35.1 Å². The lowest BCUT2D eigenvalue weighted by Gasteiger charge is -2.42. The van der Waals surface area contributed by atoms with Crippen molar-refractivity contribution >= 4 is 46.3 Å². The van der Waals surface area contributed by atoms with E-state index in [-0.39, 0.29) is 23.9 Å². The van der Waals surface area contributed by atoms with Gasteiger partial charge in [-0.2, -0.15) is 0 Å². The van der Waals surface area contributed by atoms with E-state index < -0.39 is 0 Å². The molecule has 1 unspecified atom stereocenters. The molecule has 1 aliphatic heterocycles. The molecule has 0 amide bonds. The molecule has 3 aromatic rings. The van der Waals surface area contributed by atoms with Crippen molar-refractivity contribution in [3.05, 3.63) is 44.8 Å². The maximum absolute atomic E-state index is 10.0. The summed E-state index contributed by atoms with van der Waals surface area (Å²) in [5, 5.41) is 11.1. The number of aliphatic hydroxyl groups excluding tert-OH is 1. The molecule has 1 fully saturated rings. The molecule has 2 aliphatic rings. The summed E-state index contributed by atoms with van der Waals surface area (Å²) in [6, 6.07) is 1.84. The van der Waals surface area contributed by atoms with E-state index in [0.717, 1.165) is 48.8 Å². The lowest BCUT2D eigenvalue weighted by atomic mass is 9.74. The number of nitrogens with two attached hydrogens (primary N) is 2. The molecule has 32 heavy (non-hydrogen) atoms. The summed E-state index contributed by atoms with van der Waals surface area (Å²) in [6.07, 6.45) is 4.49. The SMILES string of the molecule is Cc1nc(N2CCC3(CC2)Cc2ncsc2C3N)c(CO)nc1Sc1ccnc(N)c1Cl. The third-order valence-corrected chi connectivity index (χ3v) is 9.11. The molecule has 1 aliphatic carbocycles. The number of rotatable bonds is 4. The number of thiazole rings is 1. The molecule has 3 aromatic heterocycles. The lowest BCUT2D eigenvalue weighted by molar-refractivity contribution is 0.187. The van der Waals surface area contributed by atoms with Crippen molar-refractivity contribution in [3.63, 3.8) is 0 Å². The summed E-state index contributed by atoms with van der Waals surface area (Å²) in [5.74, 6) is 1.02. The highest BCUT2D eigenvalue weighted by molar-refractivity contribution is 7.99. The highest BCUT2D eigenvalue weighted by Crippen LogP contribution is 2.52. The summed E-state index contributed by atoms with van der Waals surface area (Å²) in [5.41, 5.74) is 16.9. The maximum atomic E-state index is 10.0. The fraction of sp³-hybridized carbons (Fsp3) is 0.429. The first-order valence-corrected chi connectivity index (χ1v) is 12.5. The predicted molar refractivity (Wildman–Crippen MR) is 127 cm³/mol. The van der Waals surface area contributed by atoms with E-state index in [2.05, 4.69) is 14.9 Å². The molecule has 4 heterocycles. The summed E-state index contributed by atoms with van der Waals surface area (Å²) in [6.45, 7) is 3.37. The second-order valence-electron chi connectivity index (χ2n) is 8.32. The number of piperidine rings is 1. The van der Waals surface area contributed by atoms with Crippen LogP contribution in [0.1, 0.15) is 40.8 Å². The number of fused-ring (bicyclic) bond motifs is 1. The standard InChI is InChI=1S/C21H24ClN7OS2/c1-11-20(32-14-2-5-25-18(24)15(14)22)28-13(9-30)19(27-11)29-6-3-21(4-7-29)8-12-16(17(21)23)31-10-26-12/h2,5,10,17,30H,3-4,6-9,23H2,1H3,(H2,24,25). The number of hydrogen-bond acceptors (Lipinski definition) is 10. The number of pyridine rings is 1. The highest BCUT2D eigenvalue weighted by Gasteiger charge is 2.47. The third kappa shape index (κ3) is 3.63. The van der Waals surface area contributed by atoms with Crippen LogP contribution in [0.3, 0.4) is 0 Å². The van der Waals surface area contributed by atoms with Crippen molar-refractivity contribution in [1.82, 2.24) is 19.9 Å². The van der Waals surface area contributed by atoms with E-state index in [9.17, 15) is 5.11 Å². The number of anilines is 2. The van der Waals surface area contributed by atoms with Gasteiger partial charge in [-0.05, 0) is 37.7 Å². The van der Waals surface area contributed by atoms with E-state index in [0.29, 0.717) is 15.7 Å². The van der Waals surface area contributed by atoms with Crippen LogP contribution in [0.15, 0.2) is 27.7 Å². The Hall–Kier alpha value is -1.98. The third-order valence-electron chi connectivity index (χ3n) is 6.51. The number of nitrogens with zero attached hydrogens (tertiary/aromatic N) is 5. The molecule has 11 heteroatoms. The number of aromatic nitrogens is 4. The minimum atomic E-state index is -0.190. The fourth-order valence-corrected chi connectivity index (χ4v) is 6.70. The van der Waals surface area contributed by atoms with Gasteiger partial charge < -0.3 is 21.5 Å². The Labute approximate surface area is 199 Å². The van der Waals surface area contributed by atoms with Crippen LogP contribution in [-0.4, -0.2) is 38.1 Å². The van der Waals surface area contributed by atoms with Crippen LogP contribution in [0, 0.1) is 12.3 Å². The summed E-state index contributed by atoms with van der Waals surface area (Å²) >= 11 is 9.33. The average molecular weight is 490 g/mol. The molecule has 0 bridgehead atoms. The topological polar surface area (TPSA) is 127 Å². The molecule has 1 atom stereocenters. The Balaban J connectivity index is 1.36. The number of aliphatic hydroxyl groups is 1. The van der Waals surface area contributed by atoms with Crippen LogP contribution < -0.4 is 16.4 Å². The van der Waals surface area contributed by atoms with Crippen LogP contribution >= 0.6 is 34.7 Å². The van der Waals surface area contributed by atoms with Gasteiger partial charge in [-0.15, -0.1) is 11.3 Å². The smallest absolute Gasteiger partial charge is 0.153 e. The van der Waals surface area contributed by atoms with E-state index in [1.807, 2.05) is 12.4 Å². The van der Waals surface area contributed by atoms with Gasteiger partial charge >= 0.3 is 0 Å². The number of halogens is 1. The summed E-state index contributed by atoms with van der Waals surface area (Å²) in [4.78, 5) is 22.3. The van der Waals surface area contributed by atoms with Gasteiger partial charge in [0.2, 0.25) is 0 Å². The zero-order valence-corrected chi connectivity index (χ0v) is 20.0. The Kier molecular flexibility index (Phi) is 5.75. The van der Waals surface area contributed by atoms with Gasteiger partial charge in [-0.25, -0.2) is 19.9 Å². The Morgan fingerprint density at radius 1 is 1.31 bits per heavy atom. The van der Waals surface area contributed by atoms with Crippen LogP contribution in [-0.2, 0) is 13.0 Å². The second kappa shape index (κ2) is 8.42. The van der Waals surface area contributed by atoms with Gasteiger partial charge in [-0.1, -0.05) is 23.4 Å². The average Bonchev–Trinajstić information content (AvgIpc) is 3.34. The molecule has 5 N–H and O–H groups in total. The Morgan fingerprint density at radius 3 is 2.81 bits per heavy atom. The minimum absolute atomic E-state index is 0.0496. The number of aryl methyl sites for hydroxylation is 1. The molecule has 1 spiro atoms. The molecular weight excluding hydrogens is 466 g/mol. The Bertz CT molecular complexity index is 1160. The van der Waals surface area contributed by atoms with Crippen LogP contribution in [0.5, 0.6) is 0 Å². The molecule has 0 saturated carbocycles. The van der Waals surface area contributed by atoms with E-state index in [1.54, 1.807) is 23.6 Å². The van der Waals surface area contributed by atoms with Crippen molar-refractivity contribution in [1.29, 1.82) is 0 Å². The molecule has 168 valence electrons. The Morgan fingerprint density at radius 2 is 2.09 bits per heavy atom. The minimum Gasteiger partial charge on any atom is -0.390 e. The van der Waals surface area contributed by atoms with Gasteiger partial charge in [-0.3, -0.25) is 0 Å². The van der Waals surface area contributed by atoms with E-state index in [1.165, 1.54) is 22.3 Å². The van der Waals surface area contributed by atoms with Gasteiger partial charge in [0.15, 0.2) is 5.82 Å². The normalized spacial score (nSPS) is 19.5. The fourth-order valence-electron chi connectivity index (χ4n) is 4.64. The predicted octanol–water partition coefficient (Wildman–Crippen LogP) is 3.36. The van der Waals surface area contributed by atoms with Crippen LogP contribution in [0.25, 0.3) is 0 Å². The molecule has 8 nitrogen and oxygen atoms in total. The van der Waals surface area contributed by atoms with Crippen LogP contribution in [0.2, 0.25) is 5.02 Å². The molecule has 0 aromatic carbocycles. The monoisotopic (exact) mass is 489 g/mol. The second-order valence-corrected chi connectivity index (χ2v) is 10.6. The number of hydrogen-bond donors (Lipinski definition) is 3. The first kappa shape index (κ1) is 21.8. The lowest BCUT2D eigenvalue weighted by Crippen LogP contribution is -2.45. The highest BCUT2D eigenvalue weighted by atomic mass is 35.5. The largest absolute Gasteiger partial charge is 0.390 e. The van der Waals surface area contributed by atoms with Gasteiger partial charge in [0.25, 0.3) is 0 Å². The first-order chi connectivity index (χ1) is 15.4. The van der Waals surface area contributed by atoms with Crippen molar-refractivity contribution < 1.29 is 5.11 Å². The molecular formula is C21H24ClN7OS2. The molecule has 1 saturated heterocycles.